The summed E-state index contributed by atoms with van der Waals surface area (Å²) in [5.41, 5.74) is 5.30. The van der Waals surface area contributed by atoms with Gasteiger partial charge in [0.05, 0.1) is 19.8 Å². The molecule has 0 bridgehead atoms. The summed E-state index contributed by atoms with van der Waals surface area (Å²) < 4.78 is 10.4. The molecule has 4 heteroatoms. The van der Waals surface area contributed by atoms with Gasteiger partial charge < -0.3 is 15.2 Å². The largest absolute Gasteiger partial charge is 0.497 e. The first-order valence-corrected chi connectivity index (χ1v) is 6.21. The minimum Gasteiger partial charge on any atom is -0.497 e. The van der Waals surface area contributed by atoms with Crippen LogP contribution in [0.4, 0.5) is 0 Å². The summed E-state index contributed by atoms with van der Waals surface area (Å²) in [5, 5.41) is 0. The third kappa shape index (κ3) is 2.89. The molecule has 106 valence electrons. The zero-order valence-electron chi connectivity index (χ0n) is 12.5. The molecule has 1 rings (SSSR count). The van der Waals surface area contributed by atoms with Crippen molar-refractivity contribution in [3.8, 4) is 11.5 Å². The molecule has 0 aliphatic carbocycles. The predicted molar refractivity (Wildman–Crippen MR) is 75.9 cm³/mol. The predicted octanol–water partition coefficient (Wildman–Crippen LogP) is 2.65. The standard InChI is InChI=1S/C15H23NO3/c1-14(2,15(3,4)16)13(17)11-8-7-10(18-5)9-12(11)19-6/h7-9H,16H2,1-6H3. The number of rotatable bonds is 5. The van der Waals surface area contributed by atoms with E-state index in [1.807, 2.05) is 27.7 Å². The van der Waals surface area contributed by atoms with Gasteiger partial charge in [-0.2, -0.15) is 0 Å². The van der Waals surface area contributed by atoms with Gasteiger partial charge in [0.25, 0.3) is 0 Å². The fourth-order valence-electron chi connectivity index (χ4n) is 1.62. The van der Waals surface area contributed by atoms with E-state index >= 15 is 0 Å². The monoisotopic (exact) mass is 265 g/mol. The number of hydrogen-bond donors (Lipinski definition) is 1. The minimum absolute atomic E-state index is 0.0421. The molecule has 0 radical (unpaired) electrons. The Hall–Kier alpha value is -1.55. The van der Waals surface area contributed by atoms with Crippen LogP contribution in [0.25, 0.3) is 0 Å². The van der Waals surface area contributed by atoms with Crippen LogP contribution < -0.4 is 15.2 Å². The zero-order valence-corrected chi connectivity index (χ0v) is 12.5. The van der Waals surface area contributed by atoms with Crippen LogP contribution in [0, 0.1) is 5.41 Å². The first kappa shape index (κ1) is 15.5. The number of nitrogens with two attached hydrogens (primary N) is 1. The van der Waals surface area contributed by atoms with Crippen molar-refractivity contribution in [2.24, 2.45) is 11.1 Å². The number of hydrogen-bond acceptors (Lipinski definition) is 4. The first-order chi connectivity index (χ1) is 8.65. The second kappa shape index (κ2) is 5.21. The smallest absolute Gasteiger partial charge is 0.173 e. The highest BCUT2D eigenvalue weighted by Gasteiger charge is 2.41. The van der Waals surface area contributed by atoms with E-state index in [-0.39, 0.29) is 5.78 Å². The number of carbonyl (C=O) groups excluding carboxylic acids is 1. The van der Waals surface area contributed by atoms with Crippen molar-refractivity contribution >= 4 is 5.78 Å². The Morgan fingerprint density at radius 2 is 1.68 bits per heavy atom. The molecule has 0 saturated heterocycles. The molecule has 1 aromatic carbocycles. The van der Waals surface area contributed by atoms with E-state index in [9.17, 15) is 4.79 Å². The van der Waals surface area contributed by atoms with Crippen molar-refractivity contribution in [3.05, 3.63) is 23.8 Å². The number of ketones is 1. The molecule has 0 amide bonds. The molecule has 0 heterocycles. The van der Waals surface area contributed by atoms with Gasteiger partial charge in [-0.3, -0.25) is 4.79 Å². The molecule has 0 atom stereocenters. The van der Waals surface area contributed by atoms with Gasteiger partial charge in [0.2, 0.25) is 0 Å². The van der Waals surface area contributed by atoms with Crippen molar-refractivity contribution in [2.75, 3.05) is 14.2 Å². The van der Waals surface area contributed by atoms with Crippen LogP contribution in [0.2, 0.25) is 0 Å². The molecule has 19 heavy (non-hydrogen) atoms. The first-order valence-electron chi connectivity index (χ1n) is 6.21. The maximum Gasteiger partial charge on any atom is 0.173 e. The van der Waals surface area contributed by atoms with Crippen LogP contribution in [0.15, 0.2) is 18.2 Å². The van der Waals surface area contributed by atoms with Gasteiger partial charge in [-0.05, 0) is 26.0 Å². The van der Waals surface area contributed by atoms with Crippen molar-refractivity contribution in [3.63, 3.8) is 0 Å². The van der Waals surface area contributed by atoms with Crippen LogP contribution in [-0.4, -0.2) is 25.5 Å². The Balaban J connectivity index is 3.27. The van der Waals surface area contributed by atoms with Gasteiger partial charge in [-0.25, -0.2) is 0 Å². The third-order valence-electron chi connectivity index (χ3n) is 3.83. The highest BCUT2D eigenvalue weighted by Crippen LogP contribution is 2.36. The number of ether oxygens (including phenoxy) is 2. The summed E-state index contributed by atoms with van der Waals surface area (Å²) in [6.07, 6.45) is 0. The van der Waals surface area contributed by atoms with Gasteiger partial charge in [0, 0.05) is 17.0 Å². The van der Waals surface area contributed by atoms with Gasteiger partial charge in [0.1, 0.15) is 11.5 Å². The molecule has 4 nitrogen and oxygen atoms in total. The number of benzene rings is 1. The third-order valence-corrected chi connectivity index (χ3v) is 3.83. The summed E-state index contributed by atoms with van der Waals surface area (Å²) in [6.45, 7) is 7.39. The highest BCUT2D eigenvalue weighted by atomic mass is 16.5. The number of Topliss-reactive ketones (excluding diaryl/α,β-unsaturated/α-hetero) is 1. The maximum atomic E-state index is 12.7. The molecular formula is C15H23NO3. The second-order valence-corrected chi connectivity index (χ2v) is 5.74. The summed E-state index contributed by atoms with van der Waals surface area (Å²) >= 11 is 0. The lowest BCUT2D eigenvalue weighted by Crippen LogP contribution is -2.51. The van der Waals surface area contributed by atoms with E-state index in [0.717, 1.165) is 0 Å². The Kier molecular flexibility index (Phi) is 4.25. The van der Waals surface area contributed by atoms with Crippen LogP contribution in [0.5, 0.6) is 11.5 Å². The van der Waals surface area contributed by atoms with E-state index in [2.05, 4.69) is 0 Å². The molecule has 0 aliphatic heterocycles. The molecule has 0 aromatic heterocycles. The van der Waals surface area contributed by atoms with E-state index in [1.165, 1.54) is 7.11 Å². The van der Waals surface area contributed by atoms with E-state index in [1.54, 1.807) is 25.3 Å². The zero-order chi connectivity index (χ0) is 14.8. The average Bonchev–Trinajstić information content (AvgIpc) is 2.35. The van der Waals surface area contributed by atoms with Gasteiger partial charge in [-0.1, -0.05) is 13.8 Å². The summed E-state index contributed by atoms with van der Waals surface area (Å²) in [5.74, 6) is 1.11. The second-order valence-electron chi connectivity index (χ2n) is 5.74. The molecular weight excluding hydrogens is 242 g/mol. The van der Waals surface area contributed by atoms with Gasteiger partial charge >= 0.3 is 0 Å². The Morgan fingerprint density at radius 3 is 2.11 bits per heavy atom. The Bertz CT molecular complexity index is 473. The van der Waals surface area contributed by atoms with E-state index in [0.29, 0.717) is 17.1 Å². The van der Waals surface area contributed by atoms with Crippen molar-refractivity contribution in [1.82, 2.24) is 0 Å². The lowest BCUT2D eigenvalue weighted by molar-refractivity contribution is 0.0731. The highest BCUT2D eigenvalue weighted by molar-refractivity contribution is 6.03. The molecule has 0 unspecified atom stereocenters. The van der Waals surface area contributed by atoms with Crippen LogP contribution >= 0.6 is 0 Å². The number of carbonyl (C=O) groups is 1. The van der Waals surface area contributed by atoms with Gasteiger partial charge in [-0.15, -0.1) is 0 Å². The quantitative estimate of drug-likeness (QED) is 0.831. The Labute approximate surface area is 114 Å². The van der Waals surface area contributed by atoms with Crippen LogP contribution in [-0.2, 0) is 0 Å². The van der Waals surface area contributed by atoms with Crippen molar-refractivity contribution in [2.45, 2.75) is 33.2 Å². The summed E-state index contributed by atoms with van der Waals surface area (Å²) in [6, 6.07) is 5.16. The van der Waals surface area contributed by atoms with Crippen molar-refractivity contribution < 1.29 is 14.3 Å². The molecule has 1 aromatic rings. The fraction of sp³-hybridized carbons (Fsp3) is 0.533. The molecule has 0 aliphatic rings. The average molecular weight is 265 g/mol. The fourth-order valence-corrected chi connectivity index (χ4v) is 1.62. The Morgan fingerprint density at radius 1 is 1.11 bits per heavy atom. The molecule has 0 saturated carbocycles. The summed E-state index contributed by atoms with van der Waals surface area (Å²) in [7, 11) is 3.11. The normalized spacial score (nSPS) is 12.2. The van der Waals surface area contributed by atoms with Crippen LogP contribution in [0.3, 0.4) is 0 Å². The molecule has 0 spiro atoms. The van der Waals surface area contributed by atoms with Gasteiger partial charge in [0.15, 0.2) is 5.78 Å². The topological polar surface area (TPSA) is 61.5 Å². The molecule has 0 fully saturated rings. The molecule has 2 N–H and O–H groups in total. The SMILES string of the molecule is COc1ccc(C(=O)C(C)(C)C(C)(C)N)c(OC)c1. The maximum absolute atomic E-state index is 12.7. The summed E-state index contributed by atoms with van der Waals surface area (Å²) in [4.78, 5) is 12.7. The van der Waals surface area contributed by atoms with Crippen LogP contribution in [0.1, 0.15) is 38.1 Å². The number of methoxy groups -OCH3 is 2. The lowest BCUT2D eigenvalue weighted by atomic mass is 9.70. The minimum atomic E-state index is -0.700. The lowest BCUT2D eigenvalue weighted by Gasteiger charge is -2.37. The van der Waals surface area contributed by atoms with E-state index < -0.39 is 11.0 Å². The van der Waals surface area contributed by atoms with E-state index in [4.69, 9.17) is 15.2 Å². The van der Waals surface area contributed by atoms with Crippen molar-refractivity contribution in [1.29, 1.82) is 0 Å².